The SMILES string of the molecule is CCCc1c(C)ccc(C)c1[N+](=O)[O-]. The summed E-state index contributed by atoms with van der Waals surface area (Å²) in [4.78, 5) is 10.6. The summed E-state index contributed by atoms with van der Waals surface area (Å²) in [5.41, 5.74) is 2.96. The van der Waals surface area contributed by atoms with Crippen LogP contribution in [0.5, 0.6) is 0 Å². The molecule has 0 atom stereocenters. The normalized spacial score (nSPS) is 10.2. The first-order valence-electron chi connectivity index (χ1n) is 4.81. The fourth-order valence-electron chi connectivity index (χ4n) is 1.67. The highest BCUT2D eigenvalue weighted by molar-refractivity contribution is 5.51. The molecular formula is C11H15NO2. The van der Waals surface area contributed by atoms with E-state index < -0.39 is 0 Å². The van der Waals surface area contributed by atoms with Gasteiger partial charge < -0.3 is 0 Å². The smallest absolute Gasteiger partial charge is 0.258 e. The lowest BCUT2D eigenvalue weighted by molar-refractivity contribution is -0.386. The zero-order chi connectivity index (χ0) is 10.7. The second-order valence-electron chi connectivity index (χ2n) is 3.53. The summed E-state index contributed by atoms with van der Waals surface area (Å²) in [6.45, 7) is 5.75. The van der Waals surface area contributed by atoms with Crippen molar-refractivity contribution >= 4 is 5.69 Å². The first-order chi connectivity index (χ1) is 6.57. The first kappa shape index (κ1) is 10.7. The number of nitro groups is 1. The predicted octanol–water partition coefficient (Wildman–Crippen LogP) is 3.16. The largest absolute Gasteiger partial charge is 0.275 e. The van der Waals surface area contributed by atoms with Crippen LogP contribution in [0.2, 0.25) is 0 Å². The van der Waals surface area contributed by atoms with Crippen LogP contribution in [0.3, 0.4) is 0 Å². The van der Waals surface area contributed by atoms with E-state index in [0.717, 1.165) is 29.5 Å². The molecule has 0 saturated heterocycles. The fraction of sp³-hybridized carbons (Fsp3) is 0.455. The van der Waals surface area contributed by atoms with Crippen LogP contribution in [0, 0.1) is 24.0 Å². The molecule has 0 N–H and O–H groups in total. The number of aryl methyl sites for hydroxylation is 2. The molecule has 0 spiro atoms. The third-order valence-corrected chi connectivity index (χ3v) is 2.40. The highest BCUT2D eigenvalue weighted by Gasteiger charge is 2.17. The second kappa shape index (κ2) is 4.22. The molecule has 0 unspecified atom stereocenters. The molecule has 0 saturated carbocycles. The Balaban J connectivity index is 3.33. The lowest BCUT2D eigenvalue weighted by Crippen LogP contribution is -2.00. The molecule has 0 aliphatic heterocycles. The topological polar surface area (TPSA) is 43.1 Å². The van der Waals surface area contributed by atoms with Crippen LogP contribution in [0.15, 0.2) is 12.1 Å². The van der Waals surface area contributed by atoms with E-state index in [0.29, 0.717) is 5.69 Å². The van der Waals surface area contributed by atoms with E-state index in [-0.39, 0.29) is 4.92 Å². The van der Waals surface area contributed by atoms with E-state index in [1.165, 1.54) is 0 Å². The van der Waals surface area contributed by atoms with Gasteiger partial charge in [-0.3, -0.25) is 10.1 Å². The third-order valence-electron chi connectivity index (χ3n) is 2.40. The highest BCUT2D eigenvalue weighted by atomic mass is 16.6. The minimum atomic E-state index is -0.271. The Morgan fingerprint density at radius 3 is 2.36 bits per heavy atom. The Labute approximate surface area is 83.9 Å². The predicted molar refractivity (Wildman–Crippen MR) is 56.6 cm³/mol. The number of benzene rings is 1. The Morgan fingerprint density at radius 2 is 1.86 bits per heavy atom. The van der Waals surface area contributed by atoms with Gasteiger partial charge in [0.15, 0.2) is 0 Å². The molecule has 1 rings (SSSR count). The van der Waals surface area contributed by atoms with Crippen molar-refractivity contribution in [1.29, 1.82) is 0 Å². The summed E-state index contributed by atoms with van der Waals surface area (Å²) in [7, 11) is 0. The number of rotatable bonds is 3. The Kier molecular flexibility index (Phi) is 3.23. The molecule has 0 aliphatic rings. The summed E-state index contributed by atoms with van der Waals surface area (Å²) < 4.78 is 0. The monoisotopic (exact) mass is 193 g/mol. The molecule has 0 bridgehead atoms. The summed E-state index contributed by atoms with van der Waals surface area (Å²) in [5, 5.41) is 10.9. The molecule has 0 heterocycles. The summed E-state index contributed by atoms with van der Waals surface area (Å²) >= 11 is 0. The number of nitro benzene ring substituents is 1. The Morgan fingerprint density at radius 1 is 1.29 bits per heavy atom. The molecule has 1 aromatic rings. The van der Waals surface area contributed by atoms with Crippen molar-refractivity contribution in [3.05, 3.63) is 38.9 Å². The van der Waals surface area contributed by atoms with E-state index in [2.05, 4.69) is 0 Å². The fourth-order valence-corrected chi connectivity index (χ4v) is 1.67. The van der Waals surface area contributed by atoms with Crippen LogP contribution in [-0.4, -0.2) is 4.92 Å². The Hall–Kier alpha value is -1.38. The third kappa shape index (κ3) is 1.92. The van der Waals surface area contributed by atoms with E-state index >= 15 is 0 Å². The lowest BCUT2D eigenvalue weighted by Gasteiger charge is -2.07. The van der Waals surface area contributed by atoms with Crippen molar-refractivity contribution in [1.82, 2.24) is 0 Å². The maximum absolute atomic E-state index is 10.9. The van der Waals surface area contributed by atoms with E-state index in [9.17, 15) is 10.1 Å². The van der Waals surface area contributed by atoms with Gasteiger partial charge in [0.05, 0.1) is 4.92 Å². The number of hydrogen-bond donors (Lipinski definition) is 0. The van der Waals surface area contributed by atoms with Crippen molar-refractivity contribution in [2.75, 3.05) is 0 Å². The summed E-state index contributed by atoms with van der Waals surface area (Å²) in [5.74, 6) is 0. The molecule has 76 valence electrons. The van der Waals surface area contributed by atoms with E-state index in [1.807, 2.05) is 26.0 Å². The molecule has 3 nitrogen and oxygen atoms in total. The lowest BCUT2D eigenvalue weighted by atomic mass is 9.99. The van der Waals surface area contributed by atoms with Crippen LogP contribution in [0.25, 0.3) is 0 Å². The van der Waals surface area contributed by atoms with E-state index in [4.69, 9.17) is 0 Å². The van der Waals surface area contributed by atoms with Crippen LogP contribution in [0.1, 0.15) is 30.0 Å². The van der Waals surface area contributed by atoms with Crippen molar-refractivity contribution in [2.45, 2.75) is 33.6 Å². The second-order valence-corrected chi connectivity index (χ2v) is 3.53. The van der Waals surface area contributed by atoms with Crippen LogP contribution in [-0.2, 0) is 6.42 Å². The molecule has 0 radical (unpaired) electrons. The van der Waals surface area contributed by atoms with Gasteiger partial charge in [-0.15, -0.1) is 0 Å². The maximum atomic E-state index is 10.9. The van der Waals surface area contributed by atoms with Crippen LogP contribution >= 0.6 is 0 Å². The molecule has 3 heteroatoms. The average molecular weight is 193 g/mol. The van der Waals surface area contributed by atoms with Gasteiger partial charge in [0, 0.05) is 11.1 Å². The molecule has 0 fully saturated rings. The van der Waals surface area contributed by atoms with Gasteiger partial charge in [-0.1, -0.05) is 25.5 Å². The van der Waals surface area contributed by atoms with Gasteiger partial charge in [0.2, 0.25) is 0 Å². The molecule has 1 aromatic carbocycles. The molecular weight excluding hydrogens is 178 g/mol. The van der Waals surface area contributed by atoms with Crippen molar-refractivity contribution in [3.63, 3.8) is 0 Å². The van der Waals surface area contributed by atoms with Gasteiger partial charge >= 0.3 is 0 Å². The van der Waals surface area contributed by atoms with Gasteiger partial charge in [0.1, 0.15) is 0 Å². The standard InChI is InChI=1S/C11H15NO2/c1-4-5-10-8(2)6-7-9(3)11(10)12(13)14/h6-7H,4-5H2,1-3H3. The molecule has 0 aliphatic carbocycles. The zero-order valence-corrected chi connectivity index (χ0v) is 8.83. The quantitative estimate of drug-likeness (QED) is 0.546. The number of hydrogen-bond acceptors (Lipinski definition) is 2. The van der Waals surface area contributed by atoms with Gasteiger partial charge in [-0.2, -0.15) is 0 Å². The molecule has 14 heavy (non-hydrogen) atoms. The van der Waals surface area contributed by atoms with Crippen molar-refractivity contribution < 1.29 is 4.92 Å². The maximum Gasteiger partial charge on any atom is 0.275 e. The number of nitrogens with zero attached hydrogens (tertiary/aromatic N) is 1. The Bertz CT molecular complexity index is 359. The zero-order valence-electron chi connectivity index (χ0n) is 8.83. The van der Waals surface area contributed by atoms with Gasteiger partial charge in [-0.25, -0.2) is 0 Å². The van der Waals surface area contributed by atoms with Gasteiger partial charge in [-0.05, 0) is 25.8 Å². The van der Waals surface area contributed by atoms with Crippen molar-refractivity contribution in [2.24, 2.45) is 0 Å². The van der Waals surface area contributed by atoms with Crippen LogP contribution in [0.4, 0.5) is 5.69 Å². The first-order valence-corrected chi connectivity index (χ1v) is 4.81. The van der Waals surface area contributed by atoms with Gasteiger partial charge in [0.25, 0.3) is 5.69 Å². The minimum Gasteiger partial charge on any atom is -0.258 e. The average Bonchev–Trinajstić information content (AvgIpc) is 2.11. The highest BCUT2D eigenvalue weighted by Crippen LogP contribution is 2.27. The summed E-state index contributed by atoms with van der Waals surface area (Å²) in [6.07, 6.45) is 1.72. The molecule has 0 aromatic heterocycles. The minimum absolute atomic E-state index is 0.271. The molecule has 0 amide bonds. The van der Waals surface area contributed by atoms with E-state index in [1.54, 1.807) is 6.92 Å². The van der Waals surface area contributed by atoms with Crippen molar-refractivity contribution in [3.8, 4) is 0 Å². The van der Waals surface area contributed by atoms with Crippen LogP contribution < -0.4 is 0 Å². The summed E-state index contributed by atoms with van der Waals surface area (Å²) in [6, 6.07) is 3.76.